The van der Waals surface area contributed by atoms with Crippen molar-refractivity contribution in [3.05, 3.63) is 27.2 Å². The highest BCUT2D eigenvalue weighted by Gasteiger charge is 2.38. The van der Waals surface area contributed by atoms with Gasteiger partial charge in [0.15, 0.2) is 5.58 Å². The maximum Gasteiger partial charge on any atom is 0.410 e. The van der Waals surface area contributed by atoms with Crippen molar-refractivity contribution in [3.8, 4) is 6.07 Å². The zero-order valence-corrected chi connectivity index (χ0v) is 15.2. The molecule has 2 aromatic rings. The highest BCUT2D eigenvalue weighted by Crippen LogP contribution is 2.37. The highest BCUT2D eigenvalue weighted by molar-refractivity contribution is 14.1. The molecule has 0 saturated carbocycles. The standard InChI is InChI=1S/C16H16IN3O3/c1-16(2,3)23-15(21)20-5-4-11(20)13-7-10-12(22-13)6-9(8-18)14(17)19-10/h6-7,11H,4-5H2,1-3H3. The number of likely N-dealkylation sites (tertiary alicyclic amines) is 1. The average molecular weight is 425 g/mol. The van der Waals surface area contributed by atoms with E-state index in [2.05, 4.69) is 11.1 Å². The molecule has 23 heavy (non-hydrogen) atoms. The summed E-state index contributed by atoms with van der Waals surface area (Å²) < 4.78 is 11.9. The fraction of sp³-hybridized carbons (Fsp3) is 0.438. The van der Waals surface area contributed by atoms with Crippen LogP contribution in [0.5, 0.6) is 0 Å². The molecule has 1 aliphatic rings. The molecule has 0 aliphatic carbocycles. The summed E-state index contributed by atoms with van der Waals surface area (Å²) in [6, 6.07) is 5.47. The first-order valence-corrected chi connectivity index (χ1v) is 8.36. The third kappa shape index (κ3) is 3.13. The first-order chi connectivity index (χ1) is 10.8. The first-order valence-electron chi connectivity index (χ1n) is 7.28. The Kier molecular flexibility index (Phi) is 3.96. The maximum atomic E-state index is 12.2. The number of furan rings is 1. The quantitative estimate of drug-likeness (QED) is 0.510. The molecule has 1 amide bonds. The van der Waals surface area contributed by atoms with Crippen LogP contribution in [0.15, 0.2) is 16.5 Å². The van der Waals surface area contributed by atoms with Gasteiger partial charge in [-0.05, 0) is 49.8 Å². The van der Waals surface area contributed by atoms with Gasteiger partial charge in [-0.2, -0.15) is 5.26 Å². The molecule has 3 rings (SSSR count). The Balaban J connectivity index is 1.86. The molecule has 3 heterocycles. The molecular formula is C16H16IN3O3. The van der Waals surface area contributed by atoms with E-state index in [4.69, 9.17) is 14.4 Å². The van der Waals surface area contributed by atoms with Gasteiger partial charge in [-0.15, -0.1) is 0 Å². The number of amides is 1. The number of carbonyl (C=O) groups excluding carboxylic acids is 1. The van der Waals surface area contributed by atoms with Crippen molar-refractivity contribution >= 4 is 39.8 Å². The Morgan fingerprint density at radius 1 is 1.52 bits per heavy atom. The maximum absolute atomic E-state index is 12.2. The molecule has 1 aliphatic heterocycles. The second-order valence-corrected chi connectivity index (χ2v) is 7.47. The minimum Gasteiger partial charge on any atom is -0.457 e. The van der Waals surface area contributed by atoms with Crippen LogP contribution in [0.3, 0.4) is 0 Å². The SMILES string of the molecule is CC(C)(C)OC(=O)N1CCC1c1cc2nc(I)c(C#N)cc2o1. The molecule has 0 radical (unpaired) electrons. The minimum atomic E-state index is -0.523. The monoisotopic (exact) mass is 425 g/mol. The predicted octanol–water partition coefficient (Wildman–Crippen LogP) is 3.99. The number of pyridine rings is 1. The van der Waals surface area contributed by atoms with Crippen LogP contribution in [0.25, 0.3) is 11.1 Å². The molecule has 6 nitrogen and oxygen atoms in total. The molecule has 1 saturated heterocycles. The minimum absolute atomic E-state index is 0.137. The molecule has 0 bridgehead atoms. The van der Waals surface area contributed by atoms with Crippen LogP contribution in [0.2, 0.25) is 0 Å². The summed E-state index contributed by atoms with van der Waals surface area (Å²) in [4.78, 5) is 18.2. The van der Waals surface area contributed by atoms with E-state index in [-0.39, 0.29) is 12.1 Å². The van der Waals surface area contributed by atoms with Gasteiger partial charge < -0.3 is 9.15 Å². The van der Waals surface area contributed by atoms with E-state index in [0.717, 1.165) is 6.42 Å². The molecule has 1 fully saturated rings. The molecule has 0 N–H and O–H groups in total. The zero-order valence-electron chi connectivity index (χ0n) is 13.1. The summed E-state index contributed by atoms with van der Waals surface area (Å²) in [5.74, 6) is 0.676. The first kappa shape index (κ1) is 16.1. The van der Waals surface area contributed by atoms with Gasteiger partial charge in [0, 0.05) is 18.7 Å². The lowest BCUT2D eigenvalue weighted by molar-refractivity contribution is -0.00949. The van der Waals surface area contributed by atoms with Crippen LogP contribution in [0.1, 0.15) is 44.6 Å². The lowest BCUT2D eigenvalue weighted by Gasteiger charge is -2.40. The van der Waals surface area contributed by atoms with Gasteiger partial charge in [-0.3, -0.25) is 4.90 Å². The fourth-order valence-electron chi connectivity index (χ4n) is 2.43. The normalized spacial score (nSPS) is 17.7. The number of rotatable bonds is 1. The van der Waals surface area contributed by atoms with Crippen LogP contribution in [-0.2, 0) is 4.74 Å². The Morgan fingerprint density at radius 3 is 2.83 bits per heavy atom. The van der Waals surface area contributed by atoms with Gasteiger partial charge in [0.05, 0.1) is 11.6 Å². The lowest BCUT2D eigenvalue weighted by Crippen LogP contribution is -2.47. The Bertz CT molecular complexity index is 816. The van der Waals surface area contributed by atoms with E-state index in [1.807, 2.05) is 49.4 Å². The number of nitriles is 1. The van der Waals surface area contributed by atoms with Gasteiger partial charge >= 0.3 is 6.09 Å². The van der Waals surface area contributed by atoms with Gasteiger partial charge in [0.25, 0.3) is 0 Å². The lowest BCUT2D eigenvalue weighted by atomic mass is 10.0. The summed E-state index contributed by atoms with van der Waals surface area (Å²) in [6.07, 6.45) is 0.482. The van der Waals surface area contributed by atoms with Crippen molar-refractivity contribution in [2.24, 2.45) is 0 Å². The van der Waals surface area contributed by atoms with Gasteiger partial charge in [0.2, 0.25) is 0 Å². The van der Waals surface area contributed by atoms with E-state index in [1.54, 1.807) is 11.0 Å². The van der Waals surface area contributed by atoms with Crippen molar-refractivity contribution < 1.29 is 13.9 Å². The molecular weight excluding hydrogens is 409 g/mol. The third-order valence-electron chi connectivity index (χ3n) is 3.57. The van der Waals surface area contributed by atoms with E-state index in [0.29, 0.717) is 32.7 Å². The number of hydrogen-bond acceptors (Lipinski definition) is 5. The molecule has 0 aromatic carbocycles. The summed E-state index contributed by atoms with van der Waals surface area (Å²) >= 11 is 2.03. The number of fused-ring (bicyclic) bond motifs is 1. The number of nitrogens with zero attached hydrogens (tertiary/aromatic N) is 3. The van der Waals surface area contributed by atoms with Crippen LogP contribution in [0.4, 0.5) is 4.79 Å². The van der Waals surface area contributed by atoms with Crippen LogP contribution in [0, 0.1) is 15.0 Å². The number of hydrogen-bond donors (Lipinski definition) is 0. The van der Waals surface area contributed by atoms with Crippen molar-refractivity contribution in [1.82, 2.24) is 9.88 Å². The Labute approximate surface area is 147 Å². The number of halogens is 1. The van der Waals surface area contributed by atoms with Gasteiger partial charge in [0.1, 0.15) is 26.6 Å². The van der Waals surface area contributed by atoms with Gasteiger partial charge in [-0.25, -0.2) is 9.78 Å². The van der Waals surface area contributed by atoms with Crippen LogP contribution < -0.4 is 0 Å². The fourth-order valence-corrected chi connectivity index (χ4v) is 2.96. The van der Waals surface area contributed by atoms with E-state index in [1.165, 1.54) is 0 Å². The zero-order chi connectivity index (χ0) is 16.8. The van der Waals surface area contributed by atoms with Crippen molar-refractivity contribution in [3.63, 3.8) is 0 Å². The topological polar surface area (TPSA) is 79.4 Å². The summed E-state index contributed by atoms with van der Waals surface area (Å²) in [5, 5.41) is 9.07. The highest BCUT2D eigenvalue weighted by atomic mass is 127. The van der Waals surface area contributed by atoms with E-state index >= 15 is 0 Å². The van der Waals surface area contributed by atoms with Gasteiger partial charge in [-0.1, -0.05) is 0 Å². The summed E-state index contributed by atoms with van der Waals surface area (Å²) in [5.41, 5.74) is 1.22. The van der Waals surface area contributed by atoms with Crippen LogP contribution >= 0.6 is 22.6 Å². The molecule has 7 heteroatoms. The van der Waals surface area contributed by atoms with Crippen LogP contribution in [-0.4, -0.2) is 28.1 Å². The number of carbonyl (C=O) groups is 1. The van der Waals surface area contributed by atoms with Crippen molar-refractivity contribution in [2.75, 3.05) is 6.54 Å². The third-order valence-corrected chi connectivity index (χ3v) is 4.39. The molecule has 120 valence electrons. The van der Waals surface area contributed by atoms with Crippen molar-refractivity contribution in [1.29, 1.82) is 5.26 Å². The summed E-state index contributed by atoms with van der Waals surface area (Å²) in [6.45, 7) is 6.17. The number of ether oxygens (including phenoxy) is 1. The molecule has 0 spiro atoms. The predicted molar refractivity (Wildman–Crippen MR) is 91.7 cm³/mol. The molecule has 1 unspecified atom stereocenters. The second kappa shape index (κ2) is 5.67. The second-order valence-electron chi connectivity index (χ2n) is 6.45. The number of aromatic nitrogens is 1. The van der Waals surface area contributed by atoms with E-state index < -0.39 is 5.60 Å². The average Bonchev–Trinajstić information content (AvgIpc) is 2.75. The Morgan fingerprint density at radius 2 is 2.26 bits per heavy atom. The smallest absolute Gasteiger partial charge is 0.410 e. The largest absolute Gasteiger partial charge is 0.457 e. The molecule has 2 aromatic heterocycles. The van der Waals surface area contributed by atoms with E-state index in [9.17, 15) is 4.79 Å². The van der Waals surface area contributed by atoms with Crippen molar-refractivity contribution in [2.45, 2.75) is 38.8 Å². The molecule has 1 atom stereocenters. The summed E-state index contributed by atoms with van der Waals surface area (Å²) in [7, 11) is 0. The Hall–Kier alpha value is -1.82.